The Bertz CT molecular complexity index is 3510. The van der Waals surface area contributed by atoms with E-state index in [1.165, 1.54) is 61.3 Å². The largest absolute Gasteiger partial charge is 0.457 e. The summed E-state index contributed by atoms with van der Waals surface area (Å²) in [5.74, 6) is 2.46. The van der Waals surface area contributed by atoms with Crippen LogP contribution >= 0.6 is 0 Å². The normalized spacial score (nSPS) is 13.8. The maximum atomic E-state index is 7.09. The minimum absolute atomic E-state index is 0.0446. The molecule has 3 heterocycles. The van der Waals surface area contributed by atoms with Gasteiger partial charge in [-0.25, -0.2) is 4.98 Å². The van der Waals surface area contributed by atoms with E-state index in [0.29, 0.717) is 6.67 Å². The first-order valence-electron chi connectivity index (χ1n) is 26.0. The van der Waals surface area contributed by atoms with Crippen LogP contribution in [-0.4, -0.2) is 16.2 Å². The SMILES string of the molecule is CC(C)(C)C1=CN(c2cc(Oc3ccc4c5cc(C(C)(C)c6ccccc6)ccc5n(-c5cc(C(C)(C)C)ccn5)c4c3)cc(C(C)(C)C)c2)CN1c1cc(-c2ccccc2)cc(C(C)(C)c2ccccc2)c1. The van der Waals surface area contributed by atoms with Crippen molar-refractivity contribution < 1.29 is 4.74 Å². The number of fused-ring (bicyclic) bond motifs is 3. The lowest BCUT2D eigenvalue weighted by molar-refractivity contribution is 0.479. The van der Waals surface area contributed by atoms with Gasteiger partial charge in [-0.3, -0.25) is 4.57 Å². The predicted molar refractivity (Wildman–Crippen MR) is 309 cm³/mol. The number of nitrogens with zero attached hydrogens (tertiary/aromatic N) is 4. The molecular formula is C68H72N4O. The standard InChI is InChI=1S/C68H72N4O/c1-64(2,3)50-33-34-69-63(41-50)72-60-32-29-51(67(10,11)48-25-19-15-20-26-48)40-59(60)58-31-30-56(43-61(58)72)73-57-39-52(65(4,5)6)37-54(42-57)70-44-62(66(7,8)9)71(45-70)55-36-47(46-23-17-14-18-24-46)35-53(38-55)68(12,13)49-27-21-16-22-28-49/h14-44H,45H2,1-13H3. The molecule has 0 N–H and O–H groups in total. The van der Waals surface area contributed by atoms with Gasteiger partial charge < -0.3 is 14.5 Å². The fourth-order valence-electron chi connectivity index (χ4n) is 10.5. The summed E-state index contributed by atoms with van der Waals surface area (Å²) in [6.07, 6.45) is 4.31. The molecule has 0 fully saturated rings. The van der Waals surface area contributed by atoms with Crippen molar-refractivity contribution in [3.63, 3.8) is 0 Å². The molecule has 0 saturated carbocycles. The van der Waals surface area contributed by atoms with Crippen LogP contribution in [-0.2, 0) is 21.7 Å². The Balaban J connectivity index is 1.07. The van der Waals surface area contributed by atoms with Crippen LogP contribution in [0.25, 0.3) is 38.8 Å². The van der Waals surface area contributed by atoms with Gasteiger partial charge in [0, 0.05) is 68.6 Å². The van der Waals surface area contributed by atoms with Crippen molar-refractivity contribution in [1.29, 1.82) is 0 Å². The Hall–Kier alpha value is -7.37. The third-order valence-corrected chi connectivity index (χ3v) is 15.3. The Kier molecular flexibility index (Phi) is 12.3. The van der Waals surface area contributed by atoms with Gasteiger partial charge in [0.05, 0.1) is 17.7 Å². The second kappa shape index (κ2) is 18.3. The van der Waals surface area contributed by atoms with E-state index >= 15 is 0 Å². The van der Waals surface area contributed by atoms with Gasteiger partial charge in [-0.2, -0.15) is 0 Å². The lowest BCUT2D eigenvalue weighted by Gasteiger charge is -2.33. The van der Waals surface area contributed by atoms with Gasteiger partial charge in [0.25, 0.3) is 0 Å². The minimum atomic E-state index is -0.230. The maximum absolute atomic E-state index is 7.09. The van der Waals surface area contributed by atoms with Gasteiger partial charge in [0.15, 0.2) is 0 Å². The van der Waals surface area contributed by atoms with Crippen molar-refractivity contribution >= 4 is 33.2 Å². The number of aromatic nitrogens is 2. The highest BCUT2D eigenvalue weighted by atomic mass is 16.5. The molecule has 1 aliphatic rings. The van der Waals surface area contributed by atoms with Crippen molar-refractivity contribution in [2.24, 2.45) is 5.41 Å². The van der Waals surface area contributed by atoms with Gasteiger partial charge in [0.1, 0.15) is 17.3 Å². The molecule has 370 valence electrons. The lowest BCUT2D eigenvalue weighted by atomic mass is 9.77. The first kappa shape index (κ1) is 49.2. The van der Waals surface area contributed by atoms with Gasteiger partial charge in [-0.15, -0.1) is 0 Å². The molecular weight excluding hydrogens is 889 g/mol. The molecule has 73 heavy (non-hydrogen) atoms. The molecule has 0 atom stereocenters. The topological polar surface area (TPSA) is 33.5 Å². The number of benzene rings is 7. The van der Waals surface area contributed by atoms with Crippen LogP contribution in [0.15, 0.2) is 194 Å². The van der Waals surface area contributed by atoms with E-state index < -0.39 is 0 Å². The zero-order chi connectivity index (χ0) is 51.7. The van der Waals surface area contributed by atoms with Crippen LogP contribution in [0.2, 0.25) is 0 Å². The fraction of sp³-hybridized carbons (Fsp3) is 0.279. The van der Waals surface area contributed by atoms with Gasteiger partial charge >= 0.3 is 0 Å². The van der Waals surface area contributed by atoms with Crippen molar-refractivity contribution in [1.82, 2.24) is 9.55 Å². The van der Waals surface area contributed by atoms with Crippen LogP contribution in [0.1, 0.15) is 123 Å². The van der Waals surface area contributed by atoms with E-state index in [9.17, 15) is 0 Å². The Morgan fingerprint density at radius 1 is 0.411 bits per heavy atom. The molecule has 7 aromatic carbocycles. The summed E-state index contributed by atoms with van der Waals surface area (Å²) in [6, 6.07) is 64.4. The average molecular weight is 961 g/mol. The van der Waals surface area contributed by atoms with Crippen molar-refractivity contribution in [2.75, 3.05) is 16.5 Å². The summed E-state index contributed by atoms with van der Waals surface area (Å²) < 4.78 is 9.41. The molecule has 1 aliphatic heterocycles. The van der Waals surface area contributed by atoms with E-state index in [4.69, 9.17) is 9.72 Å². The number of allylic oxidation sites excluding steroid dienone is 1. The molecule has 0 radical (unpaired) electrons. The smallest absolute Gasteiger partial charge is 0.137 e. The first-order chi connectivity index (χ1) is 34.6. The number of ether oxygens (including phenoxy) is 1. The number of hydrogen-bond donors (Lipinski definition) is 0. The zero-order valence-corrected chi connectivity index (χ0v) is 45.3. The Labute approximate surface area is 434 Å². The van der Waals surface area contributed by atoms with Gasteiger partial charge in [0.2, 0.25) is 0 Å². The van der Waals surface area contributed by atoms with E-state index in [0.717, 1.165) is 39.4 Å². The fourth-order valence-corrected chi connectivity index (χ4v) is 10.5. The predicted octanol–water partition coefficient (Wildman–Crippen LogP) is 18.1. The Morgan fingerprint density at radius 2 is 1.03 bits per heavy atom. The molecule has 9 aromatic rings. The van der Waals surface area contributed by atoms with Gasteiger partial charge in [-0.05, 0) is 116 Å². The summed E-state index contributed by atoms with van der Waals surface area (Å²) >= 11 is 0. The molecule has 10 rings (SSSR count). The molecule has 2 aromatic heterocycles. The quantitative estimate of drug-likeness (QED) is 0.137. The molecule has 0 amide bonds. The number of anilines is 2. The van der Waals surface area contributed by atoms with Crippen molar-refractivity contribution in [2.45, 2.75) is 112 Å². The first-order valence-corrected chi connectivity index (χ1v) is 26.0. The summed E-state index contributed by atoms with van der Waals surface area (Å²) in [6.45, 7) is 30.5. The van der Waals surface area contributed by atoms with E-state index in [-0.39, 0.29) is 27.1 Å². The van der Waals surface area contributed by atoms with E-state index in [1.807, 2.05) is 6.20 Å². The highest BCUT2D eigenvalue weighted by molar-refractivity contribution is 6.10. The van der Waals surface area contributed by atoms with E-state index in [2.05, 4.69) is 287 Å². The molecule has 5 heteroatoms. The molecule has 0 unspecified atom stereocenters. The minimum Gasteiger partial charge on any atom is -0.457 e. The number of hydrogen-bond acceptors (Lipinski definition) is 4. The lowest BCUT2D eigenvalue weighted by Crippen LogP contribution is -2.31. The number of pyridine rings is 1. The maximum Gasteiger partial charge on any atom is 0.137 e. The number of rotatable bonds is 10. The molecule has 0 saturated heterocycles. The van der Waals surface area contributed by atoms with Crippen molar-refractivity contribution in [3.8, 4) is 28.4 Å². The monoisotopic (exact) mass is 961 g/mol. The average Bonchev–Trinajstić information content (AvgIpc) is 3.97. The van der Waals surface area contributed by atoms with Gasteiger partial charge in [-0.1, -0.05) is 193 Å². The van der Waals surface area contributed by atoms with Crippen LogP contribution in [0, 0.1) is 5.41 Å². The second-order valence-electron chi connectivity index (χ2n) is 24.4. The van der Waals surface area contributed by atoms with Crippen LogP contribution in [0.5, 0.6) is 11.5 Å². The molecule has 5 nitrogen and oxygen atoms in total. The van der Waals surface area contributed by atoms with Crippen LogP contribution in [0.4, 0.5) is 11.4 Å². The summed E-state index contributed by atoms with van der Waals surface area (Å²) in [7, 11) is 0. The molecule has 0 spiro atoms. The Morgan fingerprint density at radius 3 is 1.66 bits per heavy atom. The summed E-state index contributed by atoms with van der Waals surface area (Å²) in [5.41, 5.74) is 14.9. The third-order valence-electron chi connectivity index (χ3n) is 15.3. The zero-order valence-electron chi connectivity index (χ0n) is 45.3. The summed E-state index contributed by atoms with van der Waals surface area (Å²) in [4.78, 5) is 9.95. The van der Waals surface area contributed by atoms with E-state index in [1.54, 1.807) is 0 Å². The van der Waals surface area contributed by atoms with Crippen LogP contribution < -0.4 is 14.5 Å². The highest BCUT2D eigenvalue weighted by Gasteiger charge is 2.34. The third kappa shape index (κ3) is 9.59. The second-order valence-corrected chi connectivity index (χ2v) is 24.4. The molecule has 0 bridgehead atoms. The summed E-state index contributed by atoms with van der Waals surface area (Å²) in [5, 5.41) is 2.34. The molecule has 0 aliphatic carbocycles. The van der Waals surface area contributed by atoms with Crippen LogP contribution in [0.3, 0.4) is 0 Å². The van der Waals surface area contributed by atoms with Crippen molar-refractivity contribution in [3.05, 3.63) is 227 Å². The highest BCUT2D eigenvalue weighted by Crippen LogP contribution is 2.45.